The van der Waals surface area contributed by atoms with Crippen molar-refractivity contribution < 1.29 is 14.9 Å². The minimum Gasteiger partial charge on any atom is -0.508 e. The van der Waals surface area contributed by atoms with Crippen LogP contribution >= 0.6 is 23.2 Å². The Morgan fingerprint density at radius 2 is 1.81 bits per heavy atom. The van der Waals surface area contributed by atoms with Gasteiger partial charge in [0.1, 0.15) is 12.1 Å². The number of benzene rings is 3. The number of fused-ring (bicyclic) bond motifs is 1. The molecule has 0 fully saturated rings. The highest BCUT2D eigenvalue weighted by molar-refractivity contribution is 6.32. The summed E-state index contributed by atoms with van der Waals surface area (Å²) in [5, 5.41) is 32.0. The van der Waals surface area contributed by atoms with E-state index in [0.29, 0.717) is 38.9 Å². The maximum atomic E-state index is 12.4. The second-order valence-corrected chi connectivity index (χ2v) is 9.08. The van der Waals surface area contributed by atoms with Crippen molar-refractivity contribution in [1.82, 2.24) is 19.7 Å². The molecule has 1 atom stereocenters. The van der Waals surface area contributed by atoms with Crippen molar-refractivity contribution in [2.75, 3.05) is 7.11 Å². The number of hydrogen-bond donors (Lipinski definition) is 2. The Balaban J connectivity index is 1.81. The van der Waals surface area contributed by atoms with Gasteiger partial charge in [0.25, 0.3) is 0 Å². The molecule has 0 aliphatic carbocycles. The molecule has 5 aromatic rings. The molecule has 0 saturated carbocycles. The van der Waals surface area contributed by atoms with Gasteiger partial charge in [0.05, 0.1) is 12.6 Å². The van der Waals surface area contributed by atoms with Gasteiger partial charge in [-0.25, -0.2) is 4.98 Å². The van der Waals surface area contributed by atoms with Gasteiger partial charge in [-0.1, -0.05) is 35.9 Å². The molecule has 0 aliphatic rings. The normalized spacial score (nSPS) is 13.0. The van der Waals surface area contributed by atoms with Crippen LogP contribution in [0.25, 0.3) is 22.0 Å². The number of aromatic nitrogens is 4. The number of rotatable bonds is 6. The monoisotopic (exact) mass is 520 g/mol. The van der Waals surface area contributed by atoms with Gasteiger partial charge in [0, 0.05) is 29.4 Å². The zero-order valence-electron chi connectivity index (χ0n) is 19.5. The maximum absolute atomic E-state index is 12.4. The quantitative estimate of drug-likeness (QED) is 0.290. The van der Waals surface area contributed by atoms with Crippen LogP contribution in [0.4, 0.5) is 0 Å². The highest BCUT2D eigenvalue weighted by Gasteiger charge is 2.39. The second kappa shape index (κ2) is 9.43. The number of nitrogens with zero attached hydrogens (tertiary/aromatic N) is 4. The Kier molecular flexibility index (Phi) is 6.30. The van der Waals surface area contributed by atoms with Crippen LogP contribution in [0.2, 0.25) is 5.02 Å². The molecule has 0 aliphatic heterocycles. The van der Waals surface area contributed by atoms with Crippen LogP contribution in [0.5, 0.6) is 11.6 Å². The van der Waals surface area contributed by atoms with Crippen LogP contribution < -0.4 is 4.74 Å². The van der Waals surface area contributed by atoms with E-state index in [0.717, 1.165) is 16.5 Å². The summed E-state index contributed by atoms with van der Waals surface area (Å²) in [6, 6.07) is 19.5. The van der Waals surface area contributed by atoms with Gasteiger partial charge >= 0.3 is 0 Å². The standard InChI is InChI=1S/C27H22Cl2N4O3/c1-33-15-30-32-26(33)27(35,18-6-8-23(29)17(10-18)14-28)19-7-9-24-22(12-19)21(13-25(31-24)36-2)16-4-3-5-20(34)11-16/h3-13,15,34-35H,14H2,1-2H3. The maximum Gasteiger partial charge on any atom is 0.214 e. The van der Waals surface area contributed by atoms with Gasteiger partial charge in [-0.05, 0) is 64.2 Å². The lowest BCUT2D eigenvalue weighted by Crippen LogP contribution is -2.32. The summed E-state index contributed by atoms with van der Waals surface area (Å²) >= 11 is 12.4. The highest BCUT2D eigenvalue weighted by atomic mass is 35.5. The molecule has 0 spiro atoms. The number of aromatic hydroxyl groups is 1. The predicted molar refractivity (Wildman–Crippen MR) is 140 cm³/mol. The molecule has 0 saturated heterocycles. The van der Waals surface area contributed by atoms with E-state index in [1.807, 2.05) is 18.2 Å². The zero-order chi connectivity index (χ0) is 25.4. The summed E-state index contributed by atoms with van der Waals surface area (Å²) in [5.74, 6) is 1.08. The predicted octanol–water partition coefficient (Wildman–Crippen LogP) is 5.42. The van der Waals surface area contributed by atoms with E-state index in [1.54, 1.807) is 67.3 Å². The average Bonchev–Trinajstić information content (AvgIpc) is 3.33. The second-order valence-electron chi connectivity index (χ2n) is 8.41. The fourth-order valence-corrected chi connectivity index (χ4v) is 4.86. The van der Waals surface area contributed by atoms with E-state index < -0.39 is 5.60 Å². The molecule has 1 unspecified atom stereocenters. The van der Waals surface area contributed by atoms with Crippen molar-refractivity contribution in [3.63, 3.8) is 0 Å². The summed E-state index contributed by atoms with van der Waals surface area (Å²) in [7, 11) is 3.32. The lowest BCUT2D eigenvalue weighted by molar-refractivity contribution is 0.112. The van der Waals surface area contributed by atoms with Crippen molar-refractivity contribution in [3.8, 4) is 22.8 Å². The van der Waals surface area contributed by atoms with Crippen molar-refractivity contribution in [2.45, 2.75) is 11.5 Å². The lowest BCUT2D eigenvalue weighted by Gasteiger charge is -2.29. The fourth-order valence-electron chi connectivity index (χ4n) is 4.38. The van der Waals surface area contributed by atoms with Gasteiger partial charge in [-0.3, -0.25) is 0 Å². The Hall–Kier alpha value is -3.65. The number of aryl methyl sites for hydroxylation is 1. The summed E-state index contributed by atoms with van der Waals surface area (Å²) in [6.07, 6.45) is 1.53. The number of methoxy groups -OCH3 is 1. The van der Waals surface area contributed by atoms with Crippen molar-refractivity contribution in [1.29, 1.82) is 0 Å². The Morgan fingerprint density at radius 3 is 2.50 bits per heavy atom. The number of halogens is 2. The molecule has 0 bridgehead atoms. The van der Waals surface area contributed by atoms with Gasteiger partial charge in [0.15, 0.2) is 11.4 Å². The van der Waals surface area contributed by atoms with Crippen LogP contribution in [-0.4, -0.2) is 37.1 Å². The minimum absolute atomic E-state index is 0.137. The van der Waals surface area contributed by atoms with Crippen molar-refractivity contribution in [3.05, 3.63) is 101 Å². The third-order valence-electron chi connectivity index (χ3n) is 6.21. The molecule has 2 N–H and O–H groups in total. The van der Waals surface area contributed by atoms with Crippen LogP contribution in [0.15, 0.2) is 73.1 Å². The van der Waals surface area contributed by atoms with E-state index in [-0.39, 0.29) is 11.6 Å². The molecule has 9 heteroatoms. The Bertz CT molecular complexity index is 1590. The molecule has 0 radical (unpaired) electrons. The van der Waals surface area contributed by atoms with Gasteiger partial charge in [-0.15, -0.1) is 21.8 Å². The lowest BCUT2D eigenvalue weighted by atomic mass is 9.83. The van der Waals surface area contributed by atoms with Crippen molar-refractivity contribution in [2.24, 2.45) is 7.05 Å². The van der Waals surface area contributed by atoms with E-state index in [1.165, 1.54) is 6.33 Å². The molecule has 2 aromatic heterocycles. The number of hydrogen-bond acceptors (Lipinski definition) is 6. The van der Waals surface area contributed by atoms with E-state index in [4.69, 9.17) is 27.9 Å². The molecule has 36 heavy (non-hydrogen) atoms. The minimum atomic E-state index is -1.68. The van der Waals surface area contributed by atoms with Crippen LogP contribution in [0.3, 0.4) is 0 Å². The first-order valence-electron chi connectivity index (χ1n) is 11.1. The van der Waals surface area contributed by atoms with Crippen LogP contribution in [0, 0.1) is 0 Å². The van der Waals surface area contributed by atoms with E-state index in [2.05, 4.69) is 15.2 Å². The highest BCUT2D eigenvalue weighted by Crippen LogP contribution is 2.40. The van der Waals surface area contributed by atoms with Crippen LogP contribution in [0.1, 0.15) is 22.5 Å². The summed E-state index contributed by atoms with van der Waals surface area (Å²) < 4.78 is 7.09. The summed E-state index contributed by atoms with van der Waals surface area (Å²) in [6.45, 7) is 0. The van der Waals surface area contributed by atoms with E-state index >= 15 is 0 Å². The largest absolute Gasteiger partial charge is 0.508 e. The number of ether oxygens (including phenoxy) is 1. The molecule has 2 heterocycles. The smallest absolute Gasteiger partial charge is 0.214 e. The van der Waals surface area contributed by atoms with E-state index in [9.17, 15) is 10.2 Å². The zero-order valence-corrected chi connectivity index (χ0v) is 21.0. The SMILES string of the molecule is COc1cc(-c2cccc(O)c2)c2cc(C(O)(c3ccc(Cl)c(CCl)c3)c3nncn3C)ccc2n1. The number of phenolic OH excluding ortho intramolecular Hbond substituents is 1. The third kappa shape index (κ3) is 4.05. The topological polar surface area (TPSA) is 93.3 Å². The number of phenols is 1. The molecule has 0 amide bonds. The first kappa shape index (κ1) is 24.1. The van der Waals surface area contributed by atoms with Crippen molar-refractivity contribution >= 4 is 34.1 Å². The molecular formula is C27H22Cl2N4O3. The molecule has 7 nitrogen and oxygen atoms in total. The first-order valence-corrected chi connectivity index (χ1v) is 12.0. The first-order chi connectivity index (χ1) is 17.3. The van der Waals surface area contributed by atoms with Gasteiger partial charge < -0.3 is 19.5 Å². The summed E-state index contributed by atoms with van der Waals surface area (Å²) in [4.78, 5) is 4.58. The fraction of sp³-hybridized carbons (Fsp3) is 0.148. The average molecular weight is 521 g/mol. The number of aliphatic hydroxyl groups is 1. The Labute approximate surface area is 217 Å². The molecular weight excluding hydrogens is 499 g/mol. The summed E-state index contributed by atoms with van der Waals surface area (Å²) in [5.41, 5.74) is 2.31. The van der Waals surface area contributed by atoms with Gasteiger partial charge in [0.2, 0.25) is 5.88 Å². The molecule has 5 rings (SSSR count). The number of pyridine rings is 1. The molecule has 182 valence electrons. The van der Waals surface area contributed by atoms with Crippen LogP contribution in [-0.2, 0) is 18.5 Å². The third-order valence-corrected chi connectivity index (χ3v) is 6.87. The van der Waals surface area contributed by atoms with Gasteiger partial charge in [-0.2, -0.15) is 0 Å². The number of alkyl halides is 1. The molecule has 3 aromatic carbocycles. The Morgan fingerprint density at radius 1 is 1.03 bits per heavy atom.